The van der Waals surface area contributed by atoms with Gasteiger partial charge >= 0.3 is 0 Å². The number of hydrogen-bond donors (Lipinski definition) is 1. The van der Waals surface area contributed by atoms with Gasteiger partial charge in [-0.3, -0.25) is 15.0 Å². The fraction of sp³-hybridized carbons (Fsp3) is 0.167. The van der Waals surface area contributed by atoms with Crippen molar-refractivity contribution in [3.63, 3.8) is 0 Å². The third-order valence-electron chi connectivity index (χ3n) is 3.54. The Balaban J connectivity index is 1.80. The van der Waals surface area contributed by atoms with Crippen molar-refractivity contribution in [3.05, 3.63) is 51.1 Å². The molecule has 2 aromatic rings. The smallest absolute Gasteiger partial charge is 0.285 e. The zero-order valence-electron chi connectivity index (χ0n) is 14.6. The molecule has 1 N–H and O–H groups in total. The average molecular weight is 421 g/mol. The van der Waals surface area contributed by atoms with E-state index in [1.165, 1.54) is 11.3 Å². The highest BCUT2D eigenvalue weighted by atomic mass is 32.2. The van der Waals surface area contributed by atoms with Gasteiger partial charge in [0.2, 0.25) is 0 Å². The molecular weight excluding hydrogens is 404 g/mol. The summed E-state index contributed by atoms with van der Waals surface area (Å²) in [6.45, 7) is 2.38. The Kier molecular flexibility index (Phi) is 6.15. The van der Waals surface area contributed by atoms with E-state index in [1.54, 1.807) is 42.8 Å². The van der Waals surface area contributed by atoms with Gasteiger partial charge in [-0.25, -0.2) is 0 Å². The van der Waals surface area contributed by atoms with E-state index in [1.807, 2.05) is 13.0 Å². The number of rotatable bonds is 6. The molecule has 1 fully saturated rings. The highest BCUT2D eigenvalue weighted by Gasteiger charge is 2.34. The number of nitrogens with one attached hydrogen (secondary N) is 1. The van der Waals surface area contributed by atoms with Crippen LogP contribution < -0.4 is 14.9 Å². The van der Waals surface area contributed by atoms with E-state index in [4.69, 9.17) is 21.7 Å². The molecule has 3 rings (SSSR count). The van der Waals surface area contributed by atoms with Crippen LogP contribution in [0.3, 0.4) is 0 Å². The Morgan fingerprint density at radius 1 is 1.33 bits per heavy atom. The number of hydrazine groups is 1. The monoisotopic (exact) mass is 420 g/mol. The number of thiophene rings is 1. The maximum Gasteiger partial charge on any atom is 0.285 e. The lowest BCUT2D eigenvalue weighted by atomic mass is 10.2. The Hall–Kier alpha value is -2.36. The van der Waals surface area contributed by atoms with Crippen LogP contribution in [0.1, 0.15) is 22.2 Å². The summed E-state index contributed by atoms with van der Waals surface area (Å²) in [7, 11) is 1.57. The summed E-state index contributed by atoms with van der Waals surface area (Å²) in [5, 5.41) is 2.89. The second-order valence-electron chi connectivity index (χ2n) is 5.28. The van der Waals surface area contributed by atoms with Crippen LogP contribution in [-0.2, 0) is 4.79 Å². The van der Waals surface area contributed by atoms with Crippen molar-refractivity contribution in [1.82, 2.24) is 10.4 Å². The number of ether oxygens (including phenoxy) is 2. The van der Waals surface area contributed by atoms with Crippen LogP contribution in [0, 0.1) is 0 Å². The van der Waals surface area contributed by atoms with Gasteiger partial charge in [0.1, 0.15) is 0 Å². The van der Waals surface area contributed by atoms with Crippen LogP contribution >= 0.6 is 35.3 Å². The molecular formula is C18H16N2O4S3. The molecule has 2 heterocycles. The molecule has 140 valence electrons. The van der Waals surface area contributed by atoms with Crippen LogP contribution in [0.25, 0.3) is 6.08 Å². The van der Waals surface area contributed by atoms with E-state index in [9.17, 15) is 9.59 Å². The van der Waals surface area contributed by atoms with Crippen LogP contribution in [0.4, 0.5) is 0 Å². The Labute approximate surface area is 170 Å². The van der Waals surface area contributed by atoms with Crippen molar-refractivity contribution in [2.45, 2.75) is 6.92 Å². The molecule has 6 nitrogen and oxygen atoms in total. The van der Waals surface area contributed by atoms with E-state index < -0.39 is 0 Å². The van der Waals surface area contributed by atoms with Crippen LogP contribution in [0.2, 0.25) is 0 Å². The van der Waals surface area contributed by atoms with E-state index in [2.05, 4.69) is 5.43 Å². The second kappa shape index (κ2) is 8.55. The molecule has 0 spiro atoms. The molecule has 1 saturated heterocycles. The third kappa shape index (κ3) is 4.32. The summed E-state index contributed by atoms with van der Waals surface area (Å²) in [4.78, 5) is 25.8. The number of benzene rings is 1. The minimum absolute atomic E-state index is 0.273. The number of carbonyl (C=O) groups is 2. The normalized spacial score (nSPS) is 15.3. The first-order valence-electron chi connectivity index (χ1n) is 7.96. The van der Waals surface area contributed by atoms with Crippen molar-refractivity contribution >= 4 is 57.5 Å². The Morgan fingerprint density at radius 3 is 2.81 bits per heavy atom. The van der Waals surface area contributed by atoms with Crippen molar-refractivity contribution < 1.29 is 19.1 Å². The van der Waals surface area contributed by atoms with Crippen molar-refractivity contribution in [3.8, 4) is 11.5 Å². The molecule has 1 aromatic carbocycles. The van der Waals surface area contributed by atoms with Gasteiger partial charge in [0.05, 0.1) is 23.5 Å². The standard InChI is InChI=1S/C18H16N2O4S3/c1-3-24-13-9-11(6-7-12(13)23-2)10-15-17(22)20(18(25)27-15)19-16(21)14-5-4-8-26-14/h4-10H,3H2,1-2H3,(H,19,21)/b15-10+. The number of carbonyl (C=O) groups excluding carboxylic acids is 2. The number of thiocarbonyl (C=S) groups is 1. The largest absolute Gasteiger partial charge is 0.493 e. The van der Waals surface area contributed by atoms with E-state index in [0.29, 0.717) is 27.9 Å². The quantitative estimate of drug-likeness (QED) is 0.568. The lowest BCUT2D eigenvalue weighted by Gasteiger charge is -2.14. The molecule has 1 aromatic heterocycles. The van der Waals surface area contributed by atoms with Gasteiger partial charge in [-0.05, 0) is 54.4 Å². The number of nitrogens with zero attached hydrogens (tertiary/aromatic N) is 1. The Morgan fingerprint density at radius 2 is 2.15 bits per heavy atom. The summed E-state index contributed by atoms with van der Waals surface area (Å²) in [6.07, 6.45) is 1.71. The molecule has 1 aliphatic rings. The van der Waals surface area contributed by atoms with E-state index in [0.717, 1.165) is 22.3 Å². The molecule has 27 heavy (non-hydrogen) atoms. The highest BCUT2D eigenvalue weighted by Crippen LogP contribution is 2.34. The number of hydrogen-bond acceptors (Lipinski definition) is 7. The number of thioether (sulfide) groups is 1. The molecule has 0 atom stereocenters. The molecule has 0 saturated carbocycles. The molecule has 0 radical (unpaired) electrons. The van der Waals surface area contributed by atoms with Gasteiger partial charge in [-0.2, -0.15) is 5.01 Å². The van der Waals surface area contributed by atoms with Gasteiger partial charge in [0, 0.05) is 0 Å². The first-order chi connectivity index (χ1) is 13.0. The molecule has 0 aliphatic carbocycles. The fourth-order valence-electron chi connectivity index (χ4n) is 2.33. The third-order valence-corrected chi connectivity index (χ3v) is 5.71. The van der Waals surface area contributed by atoms with Crippen molar-refractivity contribution in [1.29, 1.82) is 0 Å². The predicted molar refractivity (Wildman–Crippen MR) is 111 cm³/mol. The molecule has 2 amide bonds. The van der Waals surface area contributed by atoms with Gasteiger partial charge < -0.3 is 9.47 Å². The van der Waals surface area contributed by atoms with Crippen molar-refractivity contribution in [2.75, 3.05) is 13.7 Å². The maximum atomic E-state index is 12.6. The summed E-state index contributed by atoms with van der Waals surface area (Å²) < 4.78 is 11.1. The Bertz CT molecular complexity index is 909. The van der Waals surface area contributed by atoms with Crippen LogP contribution in [-0.4, -0.2) is 34.9 Å². The maximum absolute atomic E-state index is 12.6. The first-order valence-corrected chi connectivity index (χ1v) is 10.1. The first kappa shape index (κ1) is 19.4. The lowest BCUT2D eigenvalue weighted by Crippen LogP contribution is -2.44. The lowest BCUT2D eigenvalue weighted by molar-refractivity contribution is -0.123. The minimum Gasteiger partial charge on any atom is -0.493 e. The van der Waals surface area contributed by atoms with Crippen molar-refractivity contribution in [2.24, 2.45) is 0 Å². The van der Waals surface area contributed by atoms with E-state index >= 15 is 0 Å². The van der Waals surface area contributed by atoms with Crippen LogP contribution in [0.15, 0.2) is 40.6 Å². The van der Waals surface area contributed by atoms with Crippen LogP contribution in [0.5, 0.6) is 11.5 Å². The van der Waals surface area contributed by atoms with Gasteiger partial charge in [0.15, 0.2) is 15.8 Å². The second-order valence-corrected chi connectivity index (χ2v) is 7.90. The van der Waals surface area contributed by atoms with Gasteiger partial charge in [0.25, 0.3) is 11.8 Å². The number of amides is 2. The highest BCUT2D eigenvalue weighted by molar-refractivity contribution is 8.26. The predicted octanol–water partition coefficient (Wildman–Crippen LogP) is 3.70. The van der Waals surface area contributed by atoms with E-state index in [-0.39, 0.29) is 16.1 Å². The topological polar surface area (TPSA) is 67.9 Å². The fourth-order valence-corrected chi connectivity index (χ4v) is 4.12. The average Bonchev–Trinajstić information content (AvgIpc) is 3.27. The molecule has 0 bridgehead atoms. The van der Waals surface area contributed by atoms with Gasteiger partial charge in [-0.1, -0.05) is 23.9 Å². The zero-order chi connectivity index (χ0) is 19.4. The molecule has 1 aliphatic heterocycles. The summed E-state index contributed by atoms with van der Waals surface area (Å²) in [6, 6.07) is 8.83. The summed E-state index contributed by atoms with van der Waals surface area (Å²) >= 11 is 7.66. The summed E-state index contributed by atoms with van der Waals surface area (Å²) in [5.41, 5.74) is 3.32. The molecule has 9 heteroatoms. The summed E-state index contributed by atoms with van der Waals surface area (Å²) in [5.74, 6) is 0.467. The number of methoxy groups -OCH3 is 1. The van der Waals surface area contributed by atoms with Gasteiger partial charge in [-0.15, -0.1) is 11.3 Å². The zero-order valence-corrected chi connectivity index (χ0v) is 17.0. The SMILES string of the molecule is CCOc1cc(/C=C2/SC(=S)N(NC(=O)c3cccs3)C2=O)ccc1OC. The minimum atomic E-state index is -0.372. The molecule has 0 unspecified atom stereocenters.